The van der Waals surface area contributed by atoms with Gasteiger partial charge in [0.15, 0.2) is 0 Å². The van der Waals surface area contributed by atoms with Gasteiger partial charge in [-0.25, -0.2) is 0 Å². The molecule has 15 atom stereocenters. The van der Waals surface area contributed by atoms with E-state index >= 15 is 0 Å². The second kappa shape index (κ2) is 22.9. The van der Waals surface area contributed by atoms with Gasteiger partial charge in [0, 0.05) is 11.8 Å². The van der Waals surface area contributed by atoms with E-state index in [1.165, 1.54) is 11.1 Å². The minimum absolute atomic E-state index is 0.0722. The van der Waals surface area contributed by atoms with Crippen LogP contribution in [0.15, 0.2) is 47.6 Å². The van der Waals surface area contributed by atoms with E-state index in [1.54, 1.807) is 0 Å². The van der Waals surface area contributed by atoms with Gasteiger partial charge in [0.25, 0.3) is 0 Å². The first kappa shape index (κ1) is 49.1. The third kappa shape index (κ3) is 14.2. The van der Waals surface area contributed by atoms with Crippen LogP contribution in [-0.4, -0.2) is 69.0 Å². The molecule has 8 nitrogen and oxygen atoms in total. The largest absolute Gasteiger partial charge is 0.461 e. The average Bonchev–Trinajstić information content (AvgIpc) is 3.16. The minimum atomic E-state index is -0.488. The Morgan fingerprint density at radius 3 is 1.49 bits per heavy atom. The quantitative estimate of drug-likeness (QED) is 0.101. The van der Waals surface area contributed by atoms with Gasteiger partial charge in [-0.3, -0.25) is 9.59 Å². The van der Waals surface area contributed by atoms with Crippen LogP contribution in [0, 0.1) is 58.7 Å². The highest BCUT2D eigenvalue weighted by Crippen LogP contribution is 2.47. The van der Waals surface area contributed by atoms with E-state index < -0.39 is 29.8 Å². The number of aliphatic hydroxyl groups excluding tert-OH is 4. The predicted molar refractivity (Wildman–Crippen MR) is 230 cm³/mol. The molecule has 0 aromatic carbocycles. The van der Waals surface area contributed by atoms with Crippen LogP contribution >= 0.6 is 0 Å². The Labute approximate surface area is 346 Å². The van der Waals surface area contributed by atoms with Crippen molar-refractivity contribution < 1.29 is 39.5 Å². The number of esters is 2. The van der Waals surface area contributed by atoms with Crippen LogP contribution in [0.2, 0.25) is 0 Å². The molecule has 0 aromatic heterocycles. The fourth-order valence-electron chi connectivity index (χ4n) is 9.28. The molecule has 4 aliphatic rings. The van der Waals surface area contributed by atoms with Crippen molar-refractivity contribution in [2.24, 2.45) is 58.7 Å². The van der Waals surface area contributed by atoms with Gasteiger partial charge in [-0.1, -0.05) is 98.8 Å². The van der Waals surface area contributed by atoms with Crippen molar-refractivity contribution >= 4 is 11.9 Å². The lowest BCUT2D eigenvalue weighted by atomic mass is 9.65. The molecule has 0 radical (unpaired) electrons. The van der Waals surface area contributed by atoms with E-state index in [0.717, 1.165) is 38.5 Å². The summed E-state index contributed by atoms with van der Waals surface area (Å²) in [6.07, 6.45) is 20.1. The van der Waals surface area contributed by atoms with Crippen LogP contribution in [-0.2, 0) is 19.1 Å². The highest BCUT2D eigenvalue weighted by atomic mass is 16.5. The zero-order chi connectivity index (χ0) is 42.6. The number of aliphatic hydroxyl groups is 4. The Bertz CT molecular complexity index is 1380. The van der Waals surface area contributed by atoms with E-state index in [2.05, 4.69) is 64.2 Å². The minimum Gasteiger partial charge on any atom is -0.461 e. The van der Waals surface area contributed by atoms with Gasteiger partial charge in [-0.05, 0) is 138 Å². The third-order valence-corrected chi connectivity index (χ3v) is 13.9. The smallest absolute Gasteiger partial charge is 0.311 e. The van der Waals surface area contributed by atoms with Gasteiger partial charge in [0.2, 0.25) is 0 Å². The summed E-state index contributed by atoms with van der Waals surface area (Å²) in [5.41, 5.74) is 2.09. The van der Waals surface area contributed by atoms with E-state index in [9.17, 15) is 30.0 Å². The average molecular weight is 799 g/mol. The van der Waals surface area contributed by atoms with E-state index in [4.69, 9.17) is 9.47 Å². The summed E-state index contributed by atoms with van der Waals surface area (Å²) in [6.45, 7) is 22.6. The molecule has 0 heterocycles. The topological polar surface area (TPSA) is 134 Å². The zero-order valence-corrected chi connectivity index (χ0v) is 37.5. The van der Waals surface area contributed by atoms with Gasteiger partial charge in [0.1, 0.15) is 12.2 Å². The molecule has 8 heteroatoms. The van der Waals surface area contributed by atoms with E-state index in [1.807, 2.05) is 48.5 Å². The van der Waals surface area contributed by atoms with Crippen LogP contribution in [0.4, 0.5) is 0 Å². The highest BCUT2D eigenvalue weighted by molar-refractivity contribution is 5.76. The maximum absolute atomic E-state index is 12.8. The van der Waals surface area contributed by atoms with E-state index in [0.29, 0.717) is 74.0 Å². The number of hydrogen-bond acceptors (Lipinski definition) is 8. The Hall–Kier alpha value is -2.26. The van der Waals surface area contributed by atoms with E-state index in [-0.39, 0.29) is 41.9 Å². The maximum Gasteiger partial charge on any atom is 0.311 e. The van der Waals surface area contributed by atoms with Crippen molar-refractivity contribution in [3.05, 3.63) is 47.6 Å². The fraction of sp³-hybridized carbons (Fsp3) is 0.796. The molecule has 57 heavy (non-hydrogen) atoms. The van der Waals surface area contributed by atoms with Crippen molar-refractivity contribution in [2.45, 2.75) is 190 Å². The molecule has 326 valence electrons. The first-order valence-electron chi connectivity index (χ1n) is 22.8. The van der Waals surface area contributed by atoms with Crippen molar-refractivity contribution in [1.29, 1.82) is 0 Å². The lowest BCUT2D eigenvalue weighted by molar-refractivity contribution is -0.164. The molecular formula is C49H82O8. The summed E-state index contributed by atoms with van der Waals surface area (Å²) < 4.78 is 12.2. The third-order valence-electron chi connectivity index (χ3n) is 13.9. The standard InChI is InChI=1S/C25H42O4.C24H40O4/c1-7-19(26)15-20(27)11-12-21-17(4)9-10-18-13-16(3)14-22(23(18)21)29-24(28)25(5,6)8-2;1-6-16(4)24(27)28-22-13-15(3)12-18-9-8-17(5)21(23(18)22)11-10-20(26)14-19(25)7-2/h9-10,13,16-17,19-23,26-27H,7-8,11-12,14-15H2,1-6H3;8-9,12,15-17,19-23,25-26H,6-7,10-11,13-14H2,1-5H3/t16-,17-,19-,20+,21-,22-,23-;15-,16-,17-,19-,20+,21-,22-,23-/m00/s1. The molecule has 0 bridgehead atoms. The summed E-state index contributed by atoms with van der Waals surface area (Å²) in [4.78, 5) is 25.3. The van der Waals surface area contributed by atoms with Crippen LogP contribution in [0.5, 0.6) is 0 Å². The number of allylic oxidation sites excluding steroid dienone is 6. The van der Waals surface area contributed by atoms with Gasteiger partial charge >= 0.3 is 11.9 Å². The molecule has 4 rings (SSSR count). The number of carbonyl (C=O) groups excluding carboxylic acids is 2. The SMILES string of the molecule is CC[C@H](O)C[C@H](O)CC[C@@H]1[C@@H]2C(=C[C@H](C)C[C@@H]2OC(=O)C(C)(C)CC)C=C[C@@H]1C.CC[C@H](O)C[C@H](O)CC[C@@H]1[C@@H]2C(=C[C@H](C)C[C@@H]2OC(=O)[C@@H](C)CC)C=C[C@@H]1C. The van der Waals surface area contributed by atoms with Crippen LogP contribution in [0.1, 0.15) is 153 Å². The number of ether oxygens (including phenoxy) is 2. The molecule has 0 amide bonds. The van der Waals surface area contributed by atoms with Crippen molar-refractivity contribution in [2.75, 3.05) is 0 Å². The predicted octanol–water partition coefficient (Wildman–Crippen LogP) is 9.69. The summed E-state index contributed by atoms with van der Waals surface area (Å²) in [7, 11) is 0. The Kier molecular flexibility index (Phi) is 19.8. The number of carbonyl (C=O) groups is 2. The molecule has 0 aliphatic heterocycles. The molecular weight excluding hydrogens is 717 g/mol. The first-order chi connectivity index (χ1) is 26.8. The molecule has 4 aliphatic carbocycles. The zero-order valence-electron chi connectivity index (χ0n) is 37.5. The fourth-order valence-corrected chi connectivity index (χ4v) is 9.28. The number of rotatable bonds is 18. The Morgan fingerprint density at radius 1 is 0.684 bits per heavy atom. The van der Waals surface area contributed by atoms with Gasteiger partial charge in [0.05, 0.1) is 35.7 Å². The molecule has 0 saturated heterocycles. The van der Waals surface area contributed by atoms with Crippen LogP contribution < -0.4 is 0 Å². The maximum atomic E-state index is 12.8. The number of fused-ring (bicyclic) bond motifs is 2. The van der Waals surface area contributed by atoms with Crippen molar-refractivity contribution in [3.63, 3.8) is 0 Å². The van der Waals surface area contributed by atoms with Gasteiger partial charge in [-0.15, -0.1) is 0 Å². The Balaban J connectivity index is 0.000000306. The molecule has 0 fully saturated rings. The van der Waals surface area contributed by atoms with Crippen molar-refractivity contribution in [3.8, 4) is 0 Å². The molecule has 0 unspecified atom stereocenters. The molecule has 0 saturated carbocycles. The summed E-state index contributed by atoms with van der Waals surface area (Å²) >= 11 is 0. The van der Waals surface area contributed by atoms with Crippen LogP contribution in [0.3, 0.4) is 0 Å². The van der Waals surface area contributed by atoms with Gasteiger partial charge < -0.3 is 29.9 Å². The summed E-state index contributed by atoms with van der Waals surface area (Å²) in [6, 6.07) is 0. The summed E-state index contributed by atoms with van der Waals surface area (Å²) in [5.74, 6) is 2.31. The lowest BCUT2D eigenvalue weighted by Crippen LogP contribution is -2.43. The monoisotopic (exact) mass is 799 g/mol. The number of hydrogen-bond donors (Lipinski definition) is 4. The van der Waals surface area contributed by atoms with Crippen LogP contribution in [0.25, 0.3) is 0 Å². The van der Waals surface area contributed by atoms with Gasteiger partial charge in [-0.2, -0.15) is 0 Å². The first-order valence-corrected chi connectivity index (χ1v) is 22.8. The molecule has 4 N–H and O–H groups in total. The summed E-state index contributed by atoms with van der Waals surface area (Å²) in [5, 5.41) is 40.4. The molecule has 0 spiro atoms. The second-order valence-electron chi connectivity index (χ2n) is 19.1. The second-order valence-corrected chi connectivity index (χ2v) is 19.1. The van der Waals surface area contributed by atoms with Crippen molar-refractivity contribution in [1.82, 2.24) is 0 Å². The lowest BCUT2D eigenvalue weighted by Gasteiger charge is -2.44. The highest BCUT2D eigenvalue weighted by Gasteiger charge is 2.44. The normalized spacial score (nSPS) is 32.2. The Morgan fingerprint density at radius 2 is 1.11 bits per heavy atom. The molecule has 0 aromatic rings.